The number of nitrogens with one attached hydrogen (secondary N) is 1. The van der Waals surface area contributed by atoms with Crippen LogP contribution in [0.2, 0.25) is 0 Å². The van der Waals surface area contributed by atoms with E-state index >= 15 is 0 Å². The monoisotopic (exact) mass is 381 g/mol. The fourth-order valence-corrected chi connectivity index (χ4v) is 3.38. The van der Waals surface area contributed by atoms with E-state index in [1.807, 2.05) is 12.1 Å². The summed E-state index contributed by atoms with van der Waals surface area (Å²) in [5, 5.41) is 2.68. The van der Waals surface area contributed by atoms with Gasteiger partial charge >= 0.3 is 6.09 Å². The number of anilines is 1. The van der Waals surface area contributed by atoms with Gasteiger partial charge in [0.25, 0.3) is 0 Å². The third-order valence-corrected chi connectivity index (χ3v) is 4.86. The van der Waals surface area contributed by atoms with Gasteiger partial charge in [-0.15, -0.1) is 0 Å². The number of aromatic nitrogens is 1. The molecule has 2 aromatic rings. The minimum atomic E-state index is -0.468. The largest absolute Gasteiger partial charge is 0.489 e. The molecule has 1 aromatic heterocycles. The SMILES string of the molecule is CC(=O)NC[C@@H]1OC(=O)N2c3ccc(-c4ccc(C(C)=O)cn4)cc3OC[C@@H]12. The van der Waals surface area contributed by atoms with Crippen molar-refractivity contribution in [1.29, 1.82) is 0 Å². The molecule has 0 bridgehead atoms. The summed E-state index contributed by atoms with van der Waals surface area (Å²) in [6.45, 7) is 3.42. The molecule has 1 fully saturated rings. The number of hydrogen-bond acceptors (Lipinski definition) is 6. The number of amides is 2. The average Bonchev–Trinajstić information content (AvgIpc) is 3.02. The molecule has 0 unspecified atom stereocenters. The van der Waals surface area contributed by atoms with Crippen molar-refractivity contribution in [2.24, 2.45) is 0 Å². The molecule has 2 atom stereocenters. The number of nitrogens with zero attached hydrogens (tertiary/aromatic N) is 2. The number of rotatable bonds is 4. The first kappa shape index (κ1) is 18.0. The van der Waals surface area contributed by atoms with Crippen molar-refractivity contribution in [3.63, 3.8) is 0 Å². The van der Waals surface area contributed by atoms with Crippen LogP contribution in [0.3, 0.4) is 0 Å². The highest BCUT2D eigenvalue weighted by Gasteiger charge is 2.46. The average molecular weight is 381 g/mol. The second-order valence-corrected chi connectivity index (χ2v) is 6.78. The maximum Gasteiger partial charge on any atom is 0.415 e. The molecule has 0 radical (unpaired) electrons. The van der Waals surface area contributed by atoms with Gasteiger partial charge in [-0.1, -0.05) is 6.07 Å². The van der Waals surface area contributed by atoms with E-state index in [0.29, 0.717) is 22.7 Å². The first-order valence-electron chi connectivity index (χ1n) is 8.92. The number of pyridine rings is 1. The molecular weight excluding hydrogens is 362 g/mol. The van der Waals surface area contributed by atoms with Crippen LogP contribution in [-0.2, 0) is 9.53 Å². The van der Waals surface area contributed by atoms with Crippen LogP contribution < -0.4 is 15.0 Å². The van der Waals surface area contributed by atoms with Crippen molar-refractivity contribution in [3.05, 3.63) is 42.1 Å². The summed E-state index contributed by atoms with van der Waals surface area (Å²) >= 11 is 0. The smallest absolute Gasteiger partial charge is 0.415 e. The number of hydrogen-bond donors (Lipinski definition) is 1. The van der Waals surface area contributed by atoms with Crippen molar-refractivity contribution in [3.8, 4) is 17.0 Å². The van der Waals surface area contributed by atoms with Gasteiger partial charge in [0.05, 0.1) is 17.9 Å². The predicted molar refractivity (Wildman–Crippen MR) is 100 cm³/mol. The molecular formula is C20H19N3O5. The summed E-state index contributed by atoms with van der Waals surface area (Å²) in [4.78, 5) is 40.8. The minimum Gasteiger partial charge on any atom is -0.489 e. The number of ether oxygens (including phenoxy) is 2. The molecule has 28 heavy (non-hydrogen) atoms. The molecule has 1 N–H and O–H groups in total. The van der Waals surface area contributed by atoms with E-state index in [9.17, 15) is 14.4 Å². The summed E-state index contributed by atoms with van der Waals surface area (Å²) in [6, 6.07) is 8.65. The van der Waals surface area contributed by atoms with Crippen LogP contribution in [0.15, 0.2) is 36.5 Å². The Morgan fingerprint density at radius 2 is 2.07 bits per heavy atom. The van der Waals surface area contributed by atoms with E-state index in [0.717, 1.165) is 5.56 Å². The predicted octanol–water partition coefficient (Wildman–Crippen LogP) is 2.17. The van der Waals surface area contributed by atoms with Crippen LogP contribution in [0.1, 0.15) is 24.2 Å². The molecule has 8 nitrogen and oxygen atoms in total. The van der Waals surface area contributed by atoms with Gasteiger partial charge in [0.15, 0.2) is 5.78 Å². The summed E-state index contributed by atoms with van der Waals surface area (Å²) in [6.07, 6.45) is 0.616. The number of Topliss-reactive ketones (excluding diaryl/α,β-unsaturated/α-hetero) is 1. The van der Waals surface area contributed by atoms with Crippen molar-refractivity contribution >= 4 is 23.5 Å². The van der Waals surface area contributed by atoms with Crippen molar-refractivity contribution in [2.75, 3.05) is 18.1 Å². The fourth-order valence-electron chi connectivity index (χ4n) is 3.38. The third-order valence-electron chi connectivity index (χ3n) is 4.86. The topological polar surface area (TPSA) is 97.8 Å². The van der Waals surface area contributed by atoms with Gasteiger partial charge in [0.2, 0.25) is 5.91 Å². The Bertz CT molecular complexity index is 957. The van der Waals surface area contributed by atoms with Crippen LogP contribution in [-0.4, -0.2) is 48.1 Å². The number of carbonyl (C=O) groups is 3. The van der Waals surface area contributed by atoms with Crippen LogP contribution in [0.5, 0.6) is 5.75 Å². The highest BCUT2D eigenvalue weighted by Crippen LogP contribution is 2.40. The molecule has 3 heterocycles. The minimum absolute atomic E-state index is 0.0415. The standard InChI is InChI=1S/C20H19N3O5/c1-11(24)14-3-5-15(22-8-14)13-4-6-16-18(7-13)27-10-17-19(9-21-12(2)25)28-20(26)23(16)17/h3-8,17,19H,9-10H2,1-2H3,(H,21,25)/t17-,19-/m0/s1. The Labute approximate surface area is 161 Å². The van der Waals surface area contributed by atoms with Crippen molar-refractivity contribution in [2.45, 2.75) is 26.0 Å². The highest BCUT2D eigenvalue weighted by atomic mass is 16.6. The summed E-state index contributed by atoms with van der Waals surface area (Å²) in [5.41, 5.74) is 2.68. The second-order valence-electron chi connectivity index (χ2n) is 6.78. The Balaban J connectivity index is 1.59. The van der Waals surface area contributed by atoms with Crippen molar-refractivity contribution in [1.82, 2.24) is 10.3 Å². The van der Waals surface area contributed by atoms with Gasteiger partial charge in [0.1, 0.15) is 24.5 Å². The molecule has 8 heteroatoms. The quantitative estimate of drug-likeness (QED) is 0.815. The third kappa shape index (κ3) is 3.17. The number of cyclic esters (lactones) is 1. The first-order chi connectivity index (χ1) is 13.4. The fraction of sp³-hybridized carbons (Fsp3) is 0.300. The summed E-state index contributed by atoms with van der Waals surface area (Å²) in [7, 11) is 0. The van der Waals surface area contributed by atoms with Gasteiger partial charge < -0.3 is 14.8 Å². The van der Waals surface area contributed by atoms with E-state index in [4.69, 9.17) is 9.47 Å². The highest BCUT2D eigenvalue weighted by molar-refractivity contribution is 5.95. The van der Waals surface area contributed by atoms with Gasteiger partial charge in [-0.25, -0.2) is 4.79 Å². The molecule has 0 aliphatic carbocycles. The zero-order valence-corrected chi connectivity index (χ0v) is 15.5. The van der Waals surface area contributed by atoms with Gasteiger partial charge in [-0.2, -0.15) is 0 Å². The second kappa shape index (κ2) is 6.95. The zero-order valence-electron chi connectivity index (χ0n) is 15.5. The van der Waals surface area contributed by atoms with E-state index in [-0.39, 0.29) is 30.9 Å². The lowest BCUT2D eigenvalue weighted by molar-refractivity contribution is -0.119. The number of carbonyl (C=O) groups excluding carboxylic acids is 3. The molecule has 4 rings (SSSR count). The normalized spacial score (nSPS) is 19.9. The van der Waals surface area contributed by atoms with Crippen LogP contribution in [0.4, 0.5) is 10.5 Å². The van der Waals surface area contributed by atoms with Gasteiger partial charge in [0, 0.05) is 24.2 Å². The van der Waals surface area contributed by atoms with Gasteiger partial charge in [-0.3, -0.25) is 19.5 Å². The summed E-state index contributed by atoms with van der Waals surface area (Å²) < 4.78 is 11.3. The van der Waals surface area contributed by atoms with E-state index in [1.165, 1.54) is 13.8 Å². The summed E-state index contributed by atoms with van der Waals surface area (Å²) in [5.74, 6) is 0.336. The lowest BCUT2D eigenvalue weighted by atomic mass is 10.0. The molecule has 2 aliphatic heterocycles. The van der Waals surface area contributed by atoms with E-state index < -0.39 is 12.2 Å². The molecule has 144 valence electrons. The van der Waals surface area contributed by atoms with Gasteiger partial charge in [-0.05, 0) is 31.2 Å². The maximum absolute atomic E-state index is 12.4. The van der Waals surface area contributed by atoms with Crippen LogP contribution >= 0.6 is 0 Å². The Hall–Kier alpha value is -3.42. The Morgan fingerprint density at radius 3 is 2.75 bits per heavy atom. The molecule has 0 saturated carbocycles. The molecule has 0 spiro atoms. The lowest BCUT2D eigenvalue weighted by Crippen LogP contribution is -2.47. The Kier molecular flexibility index (Phi) is 4.46. The molecule has 1 saturated heterocycles. The molecule has 2 amide bonds. The molecule has 1 aromatic carbocycles. The van der Waals surface area contributed by atoms with E-state index in [1.54, 1.807) is 29.3 Å². The lowest BCUT2D eigenvalue weighted by Gasteiger charge is -2.31. The Morgan fingerprint density at radius 1 is 1.25 bits per heavy atom. The number of fused-ring (bicyclic) bond motifs is 3. The number of ketones is 1. The zero-order chi connectivity index (χ0) is 19.8. The van der Waals surface area contributed by atoms with Crippen LogP contribution in [0.25, 0.3) is 11.3 Å². The first-order valence-corrected chi connectivity index (χ1v) is 8.92. The van der Waals surface area contributed by atoms with Crippen molar-refractivity contribution < 1.29 is 23.9 Å². The van der Waals surface area contributed by atoms with Crippen LogP contribution in [0, 0.1) is 0 Å². The number of benzene rings is 1. The molecule has 2 aliphatic rings. The maximum atomic E-state index is 12.4. The van der Waals surface area contributed by atoms with E-state index in [2.05, 4.69) is 10.3 Å².